The maximum atomic E-state index is 13.1. The third-order valence-corrected chi connectivity index (χ3v) is 6.56. The van der Waals surface area contributed by atoms with E-state index in [0.717, 1.165) is 49.4 Å². The van der Waals surface area contributed by atoms with Crippen molar-refractivity contribution < 1.29 is 23.8 Å². The first kappa shape index (κ1) is 28.5. The van der Waals surface area contributed by atoms with Gasteiger partial charge in [-0.2, -0.15) is 0 Å². The maximum absolute atomic E-state index is 13.1. The topological polar surface area (TPSA) is 89.1 Å². The molecule has 1 fully saturated rings. The lowest BCUT2D eigenvalue weighted by Crippen LogP contribution is -2.42. The van der Waals surface area contributed by atoms with Gasteiger partial charge >= 0.3 is 12.0 Å². The van der Waals surface area contributed by atoms with Crippen LogP contribution in [-0.2, 0) is 19.0 Å². The molecule has 8 nitrogen and oxygen atoms in total. The number of ether oxygens (including phenoxy) is 3. The summed E-state index contributed by atoms with van der Waals surface area (Å²) in [6.45, 7) is 9.06. The van der Waals surface area contributed by atoms with E-state index in [1.807, 2.05) is 43.3 Å². The van der Waals surface area contributed by atoms with Crippen molar-refractivity contribution in [3.8, 4) is 0 Å². The summed E-state index contributed by atoms with van der Waals surface area (Å²) in [6.07, 6.45) is 2.05. The Labute approximate surface area is 220 Å². The Morgan fingerprint density at radius 3 is 2.38 bits per heavy atom. The minimum Gasteiger partial charge on any atom is -0.469 e. The molecule has 1 aliphatic rings. The molecule has 8 heteroatoms. The van der Waals surface area contributed by atoms with Gasteiger partial charge in [0.15, 0.2) is 0 Å². The summed E-state index contributed by atoms with van der Waals surface area (Å²) >= 11 is 0. The zero-order chi connectivity index (χ0) is 26.8. The van der Waals surface area contributed by atoms with E-state index in [4.69, 9.17) is 14.2 Å². The second kappa shape index (κ2) is 14.0. The predicted molar refractivity (Wildman–Crippen MR) is 148 cm³/mol. The maximum Gasteiger partial charge on any atom is 0.323 e. The molecule has 0 saturated carbocycles. The number of hydrogen-bond acceptors (Lipinski definition) is 6. The summed E-state index contributed by atoms with van der Waals surface area (Å²) in [5, 5.41) is 6.02. The molecule has 1 aliphatic heterocycles. The van der Waals surface area contributed by atoms with Gasteiger partial charge in [-0.25, -0.2) is 4.79 Å². The molecule has 0 bridgehead atoms. The van der Waals surface area contributed by atoms with Crippen LogP contribution in [0.1, 0.15) is 50.2 Å². The monoisotopic (exact) mass is 511 g/mol. The largest absolute Gasteiger partial charge is 0.469 e. The van der Waals surface area contributed by atoms with Gasteiger partial charge in [0, 0.05) is 44.5 Å². The Kier molecular flexibility index (Phi) is 10.8. The van der Waals surface area contributed by atoms with Crippen molar-refractivity contribution in [2.24, 2.45) is 5.92 Å². The van der Waals surface area contributed by atoms with Gasteiger partial charge < -0.3 is 29.7 Å². The van der Waals surface area contributed by atoms with Crippen molar-refractivity contribution in [3.63, 3.8) is 0 Å². The number of nitrogens with zero attached hydrogens (tertiary/aromatic N) is 1. The molecule has 0 aromatic heterocycles. The molecule has 37 heavy (non-hydrogen) atoms. The Balaban J connectivity index is 1.97. The summed E-state index contributed by atoms with van der Waals surface area (Å²) in [5.74, 6) is -0.0763. The first-order chi connectivity index (χ1) is 17.8. The number of amides is 2. The van der Waals surface area contributed by atoms with Crippen LogP contribution in [0, 0.1) is 12.8 Å². The minimum absolute atomic E-state index is 0.189. The van der Waals surface area contributed by atoms with Crippen molar-refractivity contribution in [1.82, 2.24) is 0 Å². The van der Waals surface area contributed by atoms with Crippen molar-refractivity contribution in [2.75, 3.05) is 56.1 Å². The fraction of sp³-hybridized carbons (Fsp3) is 0.517. The molecule has 1 heterocycles. The van der Waals surface area contributed by atoms with E-state index in [1.54, 1.807) is 7.11 Å². The van der Waals surface area contributed by atoms with E-state index in [-0.39, 0.29) is 24.3 Å². The van der Waals surface area contributed by atoms with Crippen LogP contribution >= 0.6 is 0 Å². The van der Waals surface area contributed by atoms with E-state index < -0.39 is 0 Å². The quantitative estimate of drug-likeness (QED) is 0.383. The lowest BCUT2D eigenvalue weighted by atomic mass is 9.94. The number of anilines is 3. The highest BCUT2D eigenvalue weighted by molar-refractivity contribution is 6.02. The Morgan fingerprint density at radius 2 is 1.76 bits per heavy atom. The SMILES string of the molecule is COCC(CC(=O)OC)c1ccc(N(CC(C)C)C2CCOCC2)c(NC(=O)Nc2ccc(C)cc2)c1. The highest BCUT2D eigenvalue weighted by atomic mass is 16.5. The number of benzene rings is 2. The average molecular weight is 512 g/mol. The van der Waals surface area contributed by atoms with Gasteiger partial charge in [-0.05, 0) is 55.5 Å². The van der Waals surface area contributed by atoms with Crippen LogP contribution in [0.25, 0.3) is 0 Å². The van der Waals surface area contributed by atoms with Gasteiger partial charge in [0.1, 0.15) is 0 Å². The number of carbonyl (C=O) groups excluding carboxylic acids is 2. The molecule has 202 valence electrons. The lowest BCUT2D eigenvalue weighted by molar-refractivity contribution is -0.141. The molecule has 0 radical (unpaired) electrons. The van der Waals surface area contributed by atoms with Crippen molar-refractivity contribution >= 4 is 29.1 Å². The molecular formula is C29H41N3O5. The van der Waals surface area contributed by atoms with Gasteiger partial charge in [-0.15, -0.1) is 0 Å². The molecule has 1 unspecified atom stereocenters. The summed E-state index contributed by atoms with van der Waals surface area (Å²) in [7, 11) is 3.00. The molecular weight excluding hydrogens is 470 g/mol. The van der Waals surface area contributed by atoms with E-state index in [0.29, 0.717) is 29.9 Å². The van der Waals surface area contributed by atoms with Crippen LogP contribution in [0.2, 0.25) is 0 Å². The second-order valence-electron chi connectivity index (χ2n) is 10.0. The number of methoxy groups -OCH3 is 2. The summed E-state index contributed by atoms with van der Waals surface area (Å²) in [6, 6.07) is 13.7. The fourth-order valence-corrected chi connectivity index (χ4v) is 4.67. The third kappa shape index (κ3) is 8.47. The number of nitrogens with one attached hydrogen (secondary N) is 2. The third-order valence-electron chi connectivity index (χ3n) is 6.56. The number of urea groups is 1. The van der Waals surface area contributed by atoms with Crippen molar-refractivity contribution in [1.29, 1.82) is 0 Å². The van der Waals surface area contributed by atoms with Gasteiger partial charge in [0.25, 0.3) is 0 Å². The molecule has 0 spiro atoms. The van der Waals surface area contributed by atoms with Crippen LogP contribution < -0.4 is 15.5 Å². The zero-order valence-corrected chi connectivity index (χ0v) is 22.7. The number of hydrogen-bond donors (Lipinski definition) is 2. The number of esters is 1. The predicted octanol–water partition coefficient (Wildman–Crippen LogP) is 5.57. The smallest absolute Gasteiger partial charge is 0.323 e. The summed E-state index contributed by atoms with van der Waals surface area (Å²) in [5.41, 5.74) is 4.39. The molecule has 2 aromatic carbocycles. The zero-order valence-electron chi connectivity index (χ0n) is 22.7. The van der Waals surface area contributed by atoms with Gasteiger partial charge in [0.05, 0.1) is 31.5 Å². The van der Waals surface area contributed by atoms with Crippen LogP contribution in [0.15, 0.2) is 42.5 Å². The summed E-state index contributed by atoms with van der Waals surface area (Å²) in [4.78, 5) is 27.6. The standard InChI is InChI=1S/C29H41N3O5/c1-20(2)18-32(25-12-14-37-15-13-25)27-11-8-22(23(19-35-4)17-28(33)36-5)16-26(27)31-29(34)30-24-9-6-21(3)7-10-24/h6-11,16,20,23,25H,12-15,17-19H2,1-5H3,(H2,30,31,34). The highest BCUT2D eigenvalue weighted by Gasteiger charge is 2.26. The van der Waals surface area contributed by atoms with Crippen LogP contribution in [0.4, 0.5) is 21.9 Å². The van der Waals surface area contributed by atoms with Crippen LogP contribution in [0.5, 0.6) is 0 Å². The van der Waals surface area contributed by atoms with Crippen LogP contribution in [0.3, 0.4) is 0 Å². The normalized spacial score (nSPS) is 14.8. The van der Waals surface area contributed by atoms with Crippen molar-refractivity contribution in [2.45, 2.75) is 52.0 Å². The van der Waals surface area contributed by atoms with Crippen LogP contribution in [-0.4, -0.2) is 58.6 Å². The van der Waals surface area contributed by atoms with E-state index in [9.17, 15) is 9.59 Å². The van der Waals surface area contributed by atoms with Gasteiger partial charge in [-0.3, -0.25) is 4.79 Å². The average Bonchev–Trinajstić information content (AvgIpc) is 2.89. The molecule has 3 rings (SSSR count). The fourth-order valence-electron chi connectivity index (χ4n) is 4.67. The number of carbonyl (C=O) groups is 2. The molecule has 0 aliphatic carbocycles. The molecule has 1 atom stereocenters. The van der Waals surface area contributed by atoms with Gasteiger partial charge in [0.2, 0.25) is 0 Å². The Hall–Kier alpha value is -3.10. The first-order valence-electron chi connectivity index (χ1n) is 13.0. The number of aryl methyl sites for hydroxylation is 1. The highest BCUT2D eigenvalue weighted by Crippen LogP contribution is 2.35. The lowest BCUT2D eigenvalue weighted by Gasteiger charge is -2.38. The van der Waals surface area contributed by atoms with E-state index >= 15 is 0 Å². The summed E-state index contributed by atoms with van der Waals surface area (Å²) < 4.78 is 15.9. The first-order valence-corrected chi connectivity index (χ1v) is 13.0. The van der Waals surface area contributed by atoms with E-state index in [1.165, 1.54) is 7.11 Å². The molecule has 1 saturated heterocycles. The van der Waals surface area contributed by atoms with Crippen molar-refractivity contribution in [3.05, 3.63) is 53.6 Å². The molecule has 2 aromatic rings. The molecule has 2 amide bonds. The second-order valence-corrected chi connectivity index (χ2v) is 10.0. The number of rotatable bonds is 11. The Bertz CT molecular complexity index is 1020. The Morgan fingerprint density at radius 1 is 1.05 bits per heavy atom. The minimum atomic E-state index is -0.324. The van der Waals surface area contributed by atoms with E-state index in [2.05, 4.69) is 35.4 Å². The van der Waals surface area contributed by atoms with Gasteiger partial charge in [-0.1, -0.05) is 37.6 Å². The molecule has 2 N–H and O–H groups in total.